The molecule has 76 valence electrons. The van der Waals surface area contributed by atoms with Crippen LogP contribution in [-0.2, 0) is 0 Å². The fraction of sp³-hybridized carbons (Fsp3) is 0.583. The highest BCUT2D eigenvalue weighted by molar-refractivity contribution is 5.08. The van der Waals surface area contributed by atoms with Gasteiger partial charge in [0.15, 0.2) is 11.9 Å². The van der Waals surface area contributed by atoms with Crippen LogP contribution in [0, 0.1) is 17.0 Å². The zero-order chi connectivity index (χ0) is 10.1. The number of nitrogens with zero attached hydrogens (tertiary/aromatic N) is 1. The second kappa shape index (κ2) is 3.60. The van der Waals surface area contributed by atoms with Crippen LogP contribution < -0.4 is 4.73 Å². The van der Waals surface area contributed by atoms with Gasteiger partial charge in [-0.25, -0.2) is 0 Å². The van der Waals surface area contributed by atoms with Crippen LogP contribution >= 0.6 is 0 Å². The highest BCUT2D eigenvalue weighted by Gasteiger charge is 2.36. The van der Waals surface area contributed by atoms with Gasteiger partial charge >= 0.3 is 0 Å². The third kappa shape index (κ3) is 1.61. The Balaban J connectivity index is 2.03. The molecule has 0 saturated heterocycles. The molecule has 1 saturated carbocycles. The Hall–Kier alpha value is -1.05. The normalized spacial score (nSPS) is 26.2. The third-order valence-corrected chi connectivity index (χ3v) is 3.39. The summed E-state index contributed by atoms with van der Waals surface area (Å²) in [5.74, 6) is 2.08. The largest absolute Gasteiger partial charge is 0.618 e. The molecule has 1 heterocycles. The van der Waals surface area contributed by atoms with Crippen molar-refractivity contribution in [2.45, 2.75) is 32.6 Å². The molecule has 1 aliphatic rings. The average molecular weight is 191 g/mol. The topological polar surface area (TPSA) is 26.9 Å². The summed E-state index contributed by atoms with van der Waals surface area (Å²) in [7, 11) is 0. The summed E-state index contributed by atoms with van der Waals surface area (Å²) in [6.07, 6.45) is 3.96. The number of hydrogen-bond acceptors (Lipinski definition) is 1. The first-order valence-electron chi connectivity index (χ1n) is 5.36. The lowest BCUT2D eigenvalue weighted by Gasteiger charge is -2.36. The molecular formula is C12H17NO. The second-order valence-corrected chi connectivity index (χ2v) is 4.62. The lowest BCUT2D eigenvalue weighted by molar-refractivity contribution is -0.616. The van der Waals surface area contributed by atoms with Gasteiger partial charge in [0.2, 0.25) is 0 Å². The summed E-state index contributed by atoms with van der Waals surface area (Å²) in [5.41, 5.74) is 0.949. The smallest absolute Gasteiger partial charge is 0.195 e. The molecule has 1 aromatic heterocycles. The van der Waals surface area contributed by atoms with E-state index in [-0.39, 0.29) is 0 Å². The maximum absolute atomic E-state index is 11.4. The Morgan fingerprint density at radius 3 is 2.64 bits per heavy atom. The van der Waals surface area contributed by atoms with Gasteiger partial charge in [-0.15, -0.1) is 0 Å². The van der Waals surface area contributed by atoms with Crippen LogP contribution in [0.4, 0.5) is 0 Å². The molecular weight excluding hydrogens is 174 g/mol. The van der Waals surface area contributed by atoms with E-state index in [0.717, 1.165) is 22.3 Å². The number of hydrogen-bond donors (Lipinski definition) is 0. The summed E-state index contributed by atoms with van der Waals surface area (Å²) in [5, 5.41) is 11.4. The Kier molecular flexibility index (Phi) is 2.44. The van der Waals surface area contributed by atoms with Crippen molar-refractivity contribution in [2.75, 3.05) is 0 Å². The summed E-state index contributed by atoms with van der Waals surface area (Å²) in [4.78, 5) is 0. The monoisotopic (exact) mass is 191 g/mol. The van der Waals surface area contributed by atoms with E-state index >= 15 is 0 Å². The number of aromatic nitrogens is 1. The highest BCUT2D eigenvalue weighted by Crippen LogP contribution is 2.43. The van der Waals surface area contributed by atoms with Crippen molar-refractivity contribution in [1.29, 1.82) is 0 Å². The number of rotatable bonds is 2. The van der Waals surface area contributed by atoms with Gasteiger partial charge in [-0.05, 0) is 24.7 Å². The lowest BCUT2D eigenvalue weighted by Crippen LogP contribution is -2.38. The van der Waals surface area contributed by atoms with Gasteiger partial charge in [0.25, 0.3) is 0 Å². The van der Waals surface area contributed by atoms with Crippen LogP contribution in [0.1, 0.15) is 38.3 Å². The van der Waals surface area contributed by atoms with Gasteiger partial charge in [-0.2, -0.15) is 4.73 Å². The molecule has 0 atom stereocenters. The highest BCUT2D eigenvalue weighted by atomic mass is 16.5. The van der Waals surface area contributed by atoms with E-state index in [4.69, 9.17) is 0 Å². The van der Waals surface area contributed by atoms with Crippen molar-refractivity contribution in [1.82, 2.24) is 0 Å². The molecule has 0 radical (unpaired) electrons. The molecule has 0 spiro atoms. The molecule has 14 heavy (non-hydrogen) atoms. The molecule has 2 heteroatoms. The number of pyridine rings is 1. The van der Waals surface area contributed by atoms with Gasteiger partial charge in [-0.1, -0.05) is 19.9 Å². The maximum Gasteiger partial charge on any atom is 0.195 e. The van der Waals surface area contributed by atoms with Gasteiger partial charge in [-0.3, -0.25) is 0 Å². The first-order chi connectivity index (χ1) is 6.68. The van der Waals surface area contributed by atoms with E-state index in [2.05, 4.69) is 13.8 Å². The minimum Gasteiger partial charge on any atom is -0.618 e. The van der Waals surface area contributed by atoms with E-state index in [1.54, 1.807) is 12.3 Å². The quantitative estimate of drug-likeness (QED) is 0.521. The summed E-state index contributed by atoms with van der Waals surface area (Å²) >= 11 is 0. The van der Waals surface area contributed by atoms with Gasteiger partial charge in [0, 0.05) is 18.1 Å². The Morgan fingerprint density at radius 2 is 2.07 bits per heavy atom. The summed E-state index contributed by atoms with van der Waals surface area (Å²) in [6.45, 7) is 4.52. The zero-order valence-corrected chi connectivity index (χ0v) is 8.81. The van der Waals surface area contributed by atoms with E-state index in [9.17, 15) is 5.21 Å². The lowest BCUT2D eigenvalue weighted by atomic mass is 9.68. The summed E-state index contributed by atoms with van der Waals surface area (Å²) < 4.78 is 1.02. The van der Waals surface area contributed by atoms with Crippen molar-refractivity contribution in [2.24, 2.45) is 11.8 Å². The predicted octanol–water partition coefficient (Wildman–Crippen LogP) is 2.47. The van der Waals surface area contributed by atoms with Gasteiger partial charge in [0.1, 0.15) is 0 Å². The molecule has 2 nitrogen and oxygen atoms in total. The van der Waals surface area contributed by atoms with Gasteiger partial charge in [0.05, 0.1) is 0 Å². The molecule has 2 rings (SSSR count). The van der Waals surface area contributed by atoms with E-state index in [1.807, 2.05) is 12.1 Å². The molecule has 1 aliphatic carbocycles. The SMILES string of the molecule is CC(C)C1CC(c2cccc[n+]2[O-])C1. The molecule has 0 aromatic carbocycles. The zero-order valence-electron chi connectivity index (χ0n) is 8.81. The van der Waals surface area contributed by atoms with E-state index < -0.39 is 0 Å². The van der Waals surface area contributed by atoms with Crippen LogP contribution in [0.3, 0.4) is 0 Å². The Bertz CT molecular complexity index is 316. The minimum atomic E-state index is 0.501. The van der Waals surface area contributed by atoms with Crippen LogP contribution in [-0.4, -0.2) is 0 Å². The fourth-order valence-corrected chi connectivity index (χ4v) is 2.21. The van der Waals surface area contributed by atoms with Crippen molar-refractivity contribution in [3.8, 4) is 0 Å². The average Bonchev–Trinajstić information content (AvgIpc) is 2.05. The standard InChI is InChI=1S/C12H17NO/c1-9(2)10-7-11(8-10)12-5-3-4-6-13(12)14/h3-6,9-11H,7-8H2,1-2H3. The van der Waals surface area contributed by atoms with E-state index in [1.165, 1.54) is 12.8 Å². The third-order valence-electron chi connectivity index (χ3n) is 3.39. The Labute approximate surface area is 85.2 Å². The molecule has 0 unspecified atom stereocenters. The van der Waals surface area contributed by atoms with Crippen LogP contribution in [0.5, 0.6) is 0 Å². The maximum atomic E-state index is 11.4. The second-order valence-electron chi connectivity index (χ2n) is 4.62. The Morgan fingerprint density at radius 1 is 1.36 bits per heavy atom. The fourth-order valence-electron chi connectivity index (χ4n) is 2.21. The minimum absolute atomic E-state index is 0.501. The summed E-state index contributed by atoms with van der Waals surface area (Å²) in [6, 6.07) is 5.69. The van der Waals surface area contributed by atoms with E-state index in [0.29, 0.717) is 5.92 Å². The molecule has 0 aliphatic heterocycles. The molecule has 0 bridgehead atoms. The van der Waals surface area contributed by atoms with Crippen molar-refractivity contribution < 1.29 is 4.73 Å². The van der Waals surface area contributed by atoms with Crippen LogP contribution in [0.15, 0.2) is 24.4 Å². The predicted molar refractivity (Wildman–Crippen MR) is 55.7 cm³/mol. The van der Waals surface area contributed by atoms with Crippen molar-refractivity contribution in [3.05, 3.63) is 35.3 Å². The first-order valence-corrected chi connectivity index (χ1v) is 5.36. The first kappa shape index (κ1) is 9.50. The molecule has 1 fully saturated rings. The molecule has 0 N–H and O–H groups in total. The molecule has 0 amide bonds. The van der Waals surface area contributed by atoms with Gasteiger partial charge < -0.3 is 5.21 Å². The van der Waals surface area contributed by atoms with Crippen LogP contribution in [0.2, 0.25) is 0 Å². The molecule has 1 aromatic rings. The van der Waals surface area contributed by atoms with Crippen molar-refractivity contribution >= 4 is 0 Å². The van der Waals surface area contributed by atoms with Crippen LogP contribution in [0.25, 0.3) is 0 Å². The van der Waals surface area contributed by atoms with Crippen molar-refractivity contribution in [3.63, 3.8) is 0 Å².